The van der Waals surface area contributed by atoms with Crippen LogP contribution < -0.4 is 10.6 Å². The van der Waals surface area contributed by atoms with Crippen LogP contribution in [0.5, 0.6) is 0 Å². The van der Waals surface area contributed by atoms with Crippen LogP contribution >= 0.6 is 11.8 Å². The average Bonchev–Trinajstić information content (AvgIpc) is 3.20. The van der Waals surface area contributed by atoms with Crippen molar-refractivity contribution in [2.75, 3.05) is 32.6 Å². The highest BCUT2D eigenvalue weighted by Gasteiger charge is 2.23. The number of amides is 2. The van der Waals surface area contributed by atoms with E-state index in [2.05, 4.69) is 15.5 Å². The Morgan fingerprint density at radius 3 is 2.48 bits per heavy atom. The summed E-state index contributed by atoms with van der Waals surface area (Å²) in [6.07, 6.45) is 3.96. The van der Waals surface area contributed by atoms with Gasteiger partial charge in [-0.3, -0.25) is 9.59 Å². The molecule has 27 heavy (non-hydrogen) atoms. The highest BCUT2D eigenvalue weighted by Crippen LogP contribution is 2.16. The molecule has 2 atom stereocenters. The Morgan fingerprint density at radius 1 is 1.15 bits per heavy atom. The maximum absolute atomic E-state index is 12.7. The van der Waals surface area contributed by atoms with Crippen molar-refractivity contribution in [2.24, 2.45) is 0 Å². The van der Waals surface area contributed by atoms with E-state index in [1.165, 1.54) is 6.26 Å². The molecule has 7 heteroatoms. The quantitative estimate of drug-likeness (QED) is 0.653. The summed E-state index contributed by atoms with van der Waals surface area (Å²) in [5.74, 6) is 0.402. The highest BCUT2D eigenvalue weighted by atomic mass is 32.2. The van der Waals surface area contributed by atoms with Gasteiger partial charge in [0.15, 0.2) is 5.76 Å². The first-order valence-electron chi connectivity index (χ1n) is 8.85. The SMILES string of the molecule is CSCC[C@@H](NC(=O)c1ccco1)C(=O)NC[C@@H](c1ccccc1)N(C)C. The number of benzene rings is 1. The Morgan fingerprint density at radius 2 is 1.89 bits per heavy atom. The Bertz CT molecular complexity index is 705. The molecular formula is C20H27N3O3S. The Kier molecular flexibility index (Phi) is 8.42. The first kappa shape index (κ1) is 21.1. The molecule has 0 saturated heterocycles. The number of thioether (sulfide) groups is 1. The molecule has 0 aliphatic carbocycles. The fourth-order valence-corrected chi connectivity index (χ4v) is 3.21. The molecule has 0 aliphatic heterocycles. The van der Waals surface area contributed by atoms with Crippen molar-refractivity contribution in [3.63, 3.8) is 0 Å². The Labute approximate surface area is 164 Å². The zero-order chi connectivity index (χ0) is 19.6. The van der Waals surface area contributed by atoms with Crippen LogP contribution in [0.1, 0.15) is 28.6 Å². The van der Waals surface area contributed by atoms with Gasteiger partial charge in [-0.2, -0.15) is 11.8 Å². The van der Waals surface area contributed by atoms with Crippen LogP contribution in [0.3, 0.4) is 0 Å². The first-order valence-corrected chi connectivity index (χ1v) is 10.2. The van der Waals surface area contributed by atoms with Gasteiger partial charge in [0, 0.05) is 6.54 Å². The lowest BCUT2D eigenvalue weighted by atomic mass is 10.1. The van der Waals surface area contributed by atoms with Crippen LogP contribution in [-0.4, -0.2) is 55.4 Å². The fourth-order valence-electron chi connectivity index (χ4n) is 2.74. The number of nitrogens with one attached hydrogen (secondary N) is 2. The van der Waals surface area contributed by atoms with Crippen molar-refractivity contribution in [3.8, 4) is 0 Å². The summed E-state index contributed by atoms with van der Waals surface area (Å²) in [7, 11) is 3.96. The minimum atomic E-state index is -0.603. The first-order chi connectivity index (χ1) is 13.0. The van der Waals surface area contributed by atoms with Crippen molar-refractivity contribution in [1.29, 1.82) is 0 Å². The lowest BCUT2D eigenvalue weighted by Crippen LogP contribution is -2.48. The fraction of sp³-hybridized carbons (Fsp3) is 0.400. The average molecular weight is 390 g/mol. The summed E-state index contributed by atoms with van der Waals surface area (Å²) in [6.45, 7) is 0.461. The third-order valence-electron chi connectivity index (χ3n) is 4.25. The van der Waals surface area contributed by atoms with Gasteiger partial charge in [-0.25, -0.2) is 0 Å². The summed E-state index contributed by atoms with van der Waals surface area (Å²) in [5.41, 5.74) is 1.13. The number of hydrogen-bond acceptors (Lipinski definition) is 5. The highest BCUT2D eigenvalue weighted by molar-refractivity contribution is 7.98. The van der Waals surface area contributed by atoms with Gasteiger partial charge in [-0.15, -0.1) is 0 Å². The number of nitrogens with zero attached hydrogens (tertiary/aromatic N) is 1. The monoisotopic (exact) mass is 389 g/mol. The van der Waals surface area contributed by atoms with E-state index in [1.807, 2.05) is 50.7 Å². The molecule has 146 valence electrons. The topological polar surface area (TPSA) is 74.6 Å². The number of likely N-dealkylation sites (N-methyl/N-ethyl adjacent to an activating group) is 1. The molecule has 0 fully saturated rings. The summed E-state index contributed by atoms with van der Waals surface area (Å²) in [5, 5.41) is 5.76. The molecule has 0 aliphatic rings. The standard InChI is InChI=1S/C20H27N3O3S/c1-23(2)17(15-8-5-4-6-9-15)14-21-19(24)16(11-13-27-3)22-20(25)18-10-7-12-26-18/h4-10,12,16-17H,11,13-14H2,1-3H3,(H,21,24)(H,22,25)/t16-,17+/m1/s1. The Hall–Kier alpha value is -2.25. The number of rotatable bonds is 10. The van der Waals surface area contributed by atoms with Crippen LogP contribution in [-0.2, 0) is 4.79 Å². The number of furan rings is 1. The van der Waals surface area contributed by atoms with Gasteiger partial charge in [0.1, 0.15) is 6.04 Å². The van der Waals surface area contributed by atoms with E-state index in [0.717, 1.165) is 11.3 Å². The smallest absolute Gasteiger partial charge is 0.287 e. The van der Waals surface area contributed by atoms with Gasteiger partial charge in [0.25, 0.3) is 5.91 Å². The minimum absolute atomic E-state index is 0.0529. The molecule has 1 aromatic carbocycles. The molecule has 2 rings (SSSR count). The second-order valence-corrected chi connectivity index (χ2v) is 7.41. The van der Waals surface area contributed by atoms with E-state index < -0.39 is 6.04 Å². The van der Waals surface area contributed by atoms with Crippen molar-refractivity contribution < 1.29 is 14.0 Å². The molecule has 2 amide bonds. The summed E-state index contributed by atoms with van der Waals surface area (Å²) in [4.78, 5) is 27.0. The van der Waals surface area contributed by atoms with E-state index in [9.17, 15) is 9.59 Å². The molecular weight excluding hydrogens is 362 g/mol. The van der Waals surface area contributed by atoms with Gasteiger partial charge in [0.2, 0.25) is 5.91 Å². The van der Waals surface area contributed by atoms with Gasteiger partial charge in [0.05, 0.1) is 12.3 Å². The van der Waals surface area contributed by atoms with Gasteiger partial charge >= 0.3 is 0 Å². The normalized spacial score (nSPS) is 13.2. The molecule has 0 unspecified atom stereocenters. The Balaban J connectivity index is 2.00. The van der Waals surface area contributed by atoms with E-state index in [4.69, 9.17) is 4.42 Å². The second kappa shape index (κ2) is 10.8. The molecule has 1 aromatic heterocycles. The van der Waals surface area contributed by atoms with Crippen LogP contribution in [0, 0.1) is 0 Å². The van der Waals surface area contributed by atoms with Crippen LogP contribution in [0.25, 0.3) is 0 Å². The second-order valence-electron chi connectivity index (χ2n) is 6.42. The van der Waals surface area contributed by atoms with Gasteiger partial charge < -0.3 is 20.0 Å². The molecule has 0 saturated carbocycles. The number of carbonyl (C=O) groups is 2. The van der Waals surface area contributed by atoms with Crippen LogP contribution in [0.2, 0.25) is 0 Å². The minimum Gasteiger partial charge on any atom is -0.459 e. The van der Waals surface area contributed by atoms with Gasteiger partial charge in [-0.1, -0.05) is 30.3 Å². The van der Waals surface area contributed by atoms with Crippen molar-refractivity contribution >= 4 is 23.6 Å². The third kappa shape index (κ3) is 6.45. The largest absolute Gasteiger partial charge is 0.459 e. The lowest BCUT2D eigenvalue weighted by molar-refractivity contribution is -0.123. The zero-order valence-electron chi connectivity index (χ0n) is 16.0. The molecule has 0 spiro atoms. The van der Waals surface area contributed by atoms with Crippen LogP contribution in [0.4, 0.5) is 0 Å². The third-order valence-corrected chi connectivity index (χ3v) is 4.90. The van der Waals surface area contributed by atoms with Crippen molar-refractivity contribution in [2.45, 2.75) is 18.5 Å². The van der Waals surface area contributed by atoms with Gasteiger partial charge in [-0.05, 0) is 50.2 Å². The molecule has 2 N–H and O–H groups in total. The molecule has 2 aromatic rings. The van der Waals surface area contributed by atoms with E-state index >= 15 is 0 Å². The molecule has 0 radical (unpaired) electrons. The summed E-state index contributed by atoms with van der Waals surface area (Å²) >= 11 is 1.64. The van der Waals surface area contributed by atoms with Crippen molar-refractivity contribution in [1.82, 2.24) is 15.5 Å². The van der Waals surface area contributed by atoms with Crippen LogP contribution in [0.15, 0.2) is 53.1 Å². The van der Waals surface area contributed by atoms with E-state index in [0.29, 0.717) is 13.0 Å². The molecule has 6 nitrogen and oxygen atoms in total. The predicted molar refractivity (Wildman–Crippen MR) is 109 cm³/mol. The maximum Gasteiger partial charge on any atom is 0.287 e. The number of hydrogen-bond donors (Lipinski definition) is 2. The van der Waals surface area contributed by atoms with Crippen molar-refractivity contribution in [3.05, 3.63) is 60.1 Å². The predicted octanol–water partition coefficient (Wildman–Crippen LogP) is 2.55. The van der Waals surface area contributed by atoms with E-state index in [-0.39, 0.29) is 23.6 Å². The lowest BCUT2D eigenvalue weighted by Gasteiger charge is -2.26. The summed E-state index contributed by atoms with van der Waals surface area (Å²) < 4.78 is 5.11. The summed E-state index contributed by atoms with van der Waals surface area (Å²) in [6, 6.07) is 12.7. The zero-order valence-corrected chi connectivity index (χ0v) is 16.8. The molecule has 1 heterocycles. The van der Waals surface area contributed by atoms with E-state index in [1.54, 1.807) is 23.9 Å². The molecule has 0 bridgehead atoms. The number of carbonyl (C=O) groups excluding carboxylic acids is 2. The maximum atomic E-state index is 12.7.